The number of carbonyl (C=O) groups excluding carboxylic acids is 1. The highest BCUT2D eigenvalue weighted by Crippen LogP contribution is 2.01. The molecule has 0 radical (unpaired) electrons. The maximum absolute atomic E-state index is 11.6. The zero-order valence-corrected chi connectivity index (χ0v) is 9.18. The summed E-state index contributed by atoms with van der Waals surface area (Å²) >= 11 is 0. The summed E-state index contributed by atoms with van der Waals surface area (Å²) in [6, 6.07) is -0.395. The first kappa shape index (κ1) is 11.8. The van der Waals surface area contributed by atoms with Crippen molar-refractivity contribution in [3.05, 3.63) is 5.82 Å². The molecule has 0 amide bonds. The van der Waals surface area contributed by atoms with Crippen molar-refractivity contribution in [2.45, 2.75) is 38.6 Å². The number of aromatic nitrogens is 4. The molecule has 84 valence electrons. The number of hydrogen-bond donors (Lipinski definition) is 1. The SMILES string of the molecule is CCCCC(N)C(=O)Cc1nnn(C)n1. The van der Waals surface area contributed by atoms with Crippen LogP contribution in [-0.4, -0.2) is 32.0 Å². The first-order chi connectivity index (χ1) is 7.13. The fourth-order valence-electron chi connectivity index (χ4n) is 1.27. The summed E-state index contributed by atoms with van der Waals surface area (Å²) in [6.07, 6.45) is 2.93. The van der Waals surface area contributed by atoms with Crippen LogP contribution in [0.25, 0.3) is 0 Å². The summed E-state index contributed by atoms with van der Waals surface area (Å²) in [7, 11) is 1.66. The Balaban J connectivity index is 2.41. The third-order valence-electron chi connectivity index (χ3n) is 2.16. The van der Waals surface area contributed by atoms with Crippen molar-refractivity contribution in [1.29, 1.82) is 0 Å². The number of hydrogen-bond acceptors (Lipinski definition) is 5. The molecule has 0 saturated heterocycles. The summed E-state index contributed by atoms with van der Waals surface area (Å²) in [5.74, 6) is 0.422. The van der Waals surface area contributed by atoms with Crippen LogP contribution in [-0.2, 0) is 18.3 Å². The molecule has 2 N–H and O–H groups in total. The Hall–Kier alpha value is -1.30. The molecule has 1 rings (SSSR count). The molecule has 15 heavy (non-hydrogen) atoms. The van der Waals surface area contributed by atoms with E-state index in [4.69, 9.17) is 5.73 Å². The van der Waals surface area contributed by atoms with Crippen LogP contribution >= 0.6 is 0 Å². The van der Waals surface area contributed by atoms with Gasteiger partial charge in [0.25, 0.3) is 0 Å². The Kier molecular flexibility index (Phi) is 4.36. The highest BCUT2D eigenvalue weighted by Gasteiger charge is 2.15. The number of ketones is 1. The van der Waals surface area contributed by atoms with Gasteiger partial charge in [-0.1, -0.05) is 19.8 Å². The van der Waals surface area contributed by atoms with Gasteiger partial charge in [0.1, 0.15) is 0 Å². The van der Waals surface area contributed by atoms with Gasteiger partial charge in [-0.25, -0.2) is 0 Å². The monoisotopic (exact) mass is 211 g/mol. The van der Waals surface area contributed by atoms with Crippen LogP contribution in [0.3, 0.4) is 0 Å². The molecule has 6 nitrogen and oxygen atoms in total. The van der Waals surface area contributed by atoms with E-state index in [9.17, 15) is 4.79 Å². The van der Waals surface area contributed by atoms with Gasteiger partial charge >= 0.3 is 0 Å². The number of unbranched alkanes of at least 4 members (excludes halogenated alkanes) is 1. The largest absolute Gasteiger partial charge is 0.321 e. The van der Waals surface area contributed by atoms with Crippen molar-refractivity contribution < 1.29 is 4.79 Å². The fourth-order valence-corrected chi connectivity index (χ4v) is 1.27. The second kappa shape index (κ2) is 5.55. The lowest BCUT2D eigenvalue weighted by Gasteiger charge is -2.07. The van der Waals surface area contributed by atoms with E-state index in [0.29, 0.717) is 5.82 Å². The molecule has 0 aliphatic heterocycles. The second-order valence-electron chi connectivity index (χ2n) is 3.59. The van der Waals surface area contributed by atoms with Crippen molar-refractivity contribution in [1.82, 2.24) is 20.2 Å². The highest BCUT2D eigenvalue weighted by atomic mass is 16.1. The maximum atomic E-state index is 11.6. The van der Waals surface area contributed by atoms with Gasteiger partial charge in [-0.05, 0) is 11.6 Å². The smallest absolute Gasteiger partial charge is 0.182 e. The van der Waals surface area contributed by atoms with E-state index in [-0.39, 0.29) is 12.2 Å². The van der Waals surface area contributed by atoms with Crippen LogP contribution < -0.4 is 5.73 Å². The van der Waals surface area contributed by atoms with Crippen molar-refractivity contribution >= 4 is 5.78 Å². The molecule has 0 bridgehead atoms. The lowest BCUT2D eigenvalue weighted by atomic mass is 10.0. The van der Waals surface area contributed by atoms with Crippen LogP contribution in [0.4, 0.5) is 0 Å². The number of nitrogens with two attached hydrogens (primary N) is 1. The average Bonchev–Trinajstić information content (AvgIpc) is 2.60. The summed E-state index contributed by atoms with van der Waals surface area (Å²) in [5.41, 5.74) is 5.73. The molecule has 1 heterocycles. The number of nitrogens with zero attached hydrogens (tertiary/aromatic N) is 4. The molecule has 1 unspecified atom stereocenters. The van der Waals surface area contributed by atoms with E-state index in [1.54, 1.807) is 7.05 Å². The van der Waals surface area contributed by atoms with Gasteiger partial charge in [-0.2, -0.15) is 4.80 Å². The molecule has 0 aromatic carbocycles. The third kappa shape index (κ3) is 3.75. The first-order valence-corrected chi connectivity index (χ1v) is 5.14. The van der Waals surface area contributed by atoms with E-state index in [2.05, 4.69) is 22.3 Å². The van der Waals surface area contributed by atoms with Crippen molar-refractivity contribution in [3.8, 4) is 0 Å². The fraction of sp³-hybridized carbons (Fsp3) is 0.778. The third-order valence-corrected chi connectivity index (χ3v) is 2.16. The molecular formula is C9H17N5O. The Labute approximate surface area is 88.8 Å². The highest BCUT2D eigenvalue weighted by molar-refractivity contribution is 5.85. The molecule has 0 fully saturated rings. The summed E-state index contributed by atoms with van der Waals surface area (Å²) in [6.45, 7) is 2.07. The van der Waals surface area contributed by atoms with Crippen molar-refractivity contribution in [2.24, 2.45) is 12.8 Å². The standard InChI is InChI=1S/C9H17N5O/c1-3-4-5-7(10)8(15)6-9-11-13-14(2)12-9/h7H,3-6,10H2,1-2H3. The molecular weight excluding hydrogens is 194 g/mol. The molecule has 0 spiro atoms. The van der Waals surface area contributed by atoms with Crippen LogP contribution in [0.15, 0.2) is 0 Å². The zero-order chi connectivity index (χ0) is 11.3. The van der Waals surface area contributed by atoms with Gasteiger partial charge in [0, 0.05) is 0 Å². The van der Waals surface area contributed by atoms with Crippen LogP contribution in [0, 0.1) is 0 Å². The summed E-state index contributed by atoms with van der Waals surface area (Å²) < 4.78 is 0. The van der Waals surface area contributed by atoms with Gasteiger partial charge in [-0.15, -0.1) is 10.2 Å². The van der Waals surface area contributed by atoms with E-state index in [1.807, 2.05) is 0 Å². The summed E-state index contributed by atoms with van der Waals surface area (Å²) in [4.78, 5) is 12.9. The van der Waals surface area contributed by atoms with E-state index in [1.165, 1.54) is 4.80 Å². The maximum Gasteiger partial charge on any atom is 0.182 e. The predicted molar refractivity (Wildman–Crippen MR) is 55.0 cm³/mol. The Morgan fingerprint density at radius 2 is 2.33 bits per heavy atom. The molecule has 1 aromatic rings. The minimum atomic E-state index is -0.395. The van der Waals surface area contributed by atoms with Crippen LogP contribution in [0.1, 0.15) is 32.0 Å². The Morgan fingerprint density at radius 3 is 2.87 bits per heavy atom. The topological polar surface area (TPSA) is 86.7 Å². The van der Waals surface area contributed by atoms with Gasteiger partial charge in [-0.3, -0.25) is 4.79 Å². The Bertz CT molecular complexity index is 322. The van der Waals surface area contributed by atoms with E-state index in [0.717, 1.165) is 19.3 Å². The number of rotatable bonds is 6. The normalized spacial score (nSPS) is 12.7. The van der Waals surface area contributed by atoms with Gasteiger partial charge in [0.15, 0.2) is 11.6 Å². The molecule has 6 heteroatoms. The first-order valence-electron chi connectivity index (χ1n) is 5.14. The molecule has 0 aliphatic rings. The van der Waals surface area contributed by atoms with Gasteiger partial charge in [0.2, 0.25) is 0 Å². The predicted octanol–water partition coefficient (Wildman–Crippen LogP) is -0.161. The summed E-state index contributed by atoms with van der Waals surface area (Å²) in [5, 5.41) is 11.3. The van der Waals surface area contributed by atoms with E-state index >= 15 is 0 Å². The quantitative estimate of drug-likeness (QED) is 0.706. The Morgan fingerprint density at radius 1 is 1.60 bits per heavy atom. The number of aryl methyl sites for hydroxylation is 1. The number of carbonyl (C=O) groups is 1. The lowest BCUT2D eigenvalue weighted by molar-refractivity contribution is -0.119. The average molecular weight is 211 g/mol. The second-order valence-corrected chi connectivity index (χ2v) is 3.59. The lowest BCUT2D eigenvalue weighted by Crippen LogP contribution is -2.32. The van der Waals surface area contributed by atoms with E-state index < -0.39 is 6.04 Å². The van der Waals surface area contributed by atoms with Gasteiger partial charge in [0.05, 0.1) is 19.5 Å². The number of Topliss-reactive ketones (excluding diaryl/α,β-unsaturated/α-hetero) is 1. The molecule has 1 aromatic heterocycles. The van der Waals surface area contributed by atoms with Gasteiger partial charge < -0.3 is 5.73 Å². The molecule has 1 atom stereocenters. The van der Waals surface area contributed by atoms with Crippen molar-refractivity contribution in [2.75, 3.05) is 0 Å². The molecule has 0 saturated carbocycles. The minimum absolute atomic E-state index is 0.0172. The minimum Gasteiger partial charge on any atom is -0.321 e. The molecule has 0 aliphatic carbocycles. The zero-order valence-electron chi connectivity index (χ0n) is 9.18. The van der Waals surface area contributed by atoms with Crippen LogP contribution in [0.2, 0.25) is 0 Å². The van der Waals surface area contributed by atoms with Crippen LogP contribution in [0.5, 0.6) is 0 Å². The number of tetrazole rings is 1. The van der Waals surface area contributed by atoms with Crippen molar-refractivity contribution in [3.63, 3.8) is 0 Å².